The zero-order chi connectivity index (χ0) is 14.8. The van der Waals surface area contributed by atoms with Crippen LogP contribution in [-0.4, -0.2) is 39.0 Å². The molecule has 5 nitrogen and oxygen atoms in total. The number of rotatable bonds is 5. The fourth-order valence-corrected chi connectivity index (χ4v) is 3.78. The van der Waals surface area contributed by atoms with Gasteiger partial charge in [0.25, 0.3) is 0 Å². The SMILES string of the molecule is CCN1CCCC1CNS(=O)(=O)c1cc(F)ccc1N. The number of nitrogens with one attached hydrogen (secondary N) is 1. The fourth-order valence-electron chi connectivity index (χ4n) is 2.57. The Hall–Kier alpha value is -1.18. The molecular formula is C13H20FN3O2S. The van der Waals surface area contributed by atoms with Crippen LogP contribution in [0.3, 0.4) is 0 Å². The van der Waals surface area contributed by atoms with Crippen LogP contribution in [0.4, 0.5) is 10.1 Å². The van der Waals surface area contributed by atoms with Crippen LogP contribution >= 0.6 is 0 Å². The van der Waals surface area contributed by atoms with Crippen LogP contribution in [0.2, 0.25) is 0 Å². The van der Waals surface area contributed by atoms with Crippen molar-refractivity contribution in [2.24, 2.45) is 0 Å². The Bertz CT molecular complexity index is 577. The molecule has 20 heavy (non-hydrogen) atoms. The number of likely N-dealkylation sites (tertiary alicyclic amines) is 1. The van der Waals surface area contributed by atoms with E-state index < -0.39 is 15.8 Å². The zero-order valence-electron chi connectivity index (χ0n) is 11.5. The van der Waals surface area contributed by atoms with E-state index in [9.17, 15) is 12.8 Å². The molecule has 1 unspecified atom stereocenters. The highest BCUT2D eigenvalue weighted by molar-refractivity contribution is 7.89. The van der Waals surface area contributed by atoms with Gasteiger partial charge in [-0.15, -0.1) is 0 Å². The standard InChI is InChI=1S/C13H20FN3O2S/c1-2-17-7-3-4-11(17)9-16-20(18,19)13-8-10(14)5-6-12(13)15/h5-6,8,11,16H,2-4,7,9,15H2,1H3. The van der Waals surface area contributed by atoms with Crippen LogP contribution in [0.1, 0.15) is 19.8 Å². The van der Waals surface area contributed by atoms with Crippen molar-refractivity contribution in [3.63, 3.8) is 0 Å². The molecule has 1 aliphatic heterocycles. The van der Waals surface area contributed by atoms with E-state index in [4.69, 9.17) is 5.73 Å². The molecule has 0 aromatic heterocycles. The van der Waals surface area contributed by atoms with Crippen molar-refractivity contribution in [3.8, 4) is 0 Å². The Morgan fingerprint density at radius 1 is 1.50 bits per heavy atom. The molecule has 112 valence electrons. The molecule has 0 amide bonds. The first-order valence-corrected chi connectivity index (χ1v) is 8.21. The molecule has 1 aromatic carbocycles. The van der Waals surface area contributed by atoms with Crippen molar-refractivity contribution in [2.45, 2.75) is 30.7 Å². The molecule has 7 heteroatoms. The van der Waals surface area contributed by atoms with Gasteiger partial charge in [0.05, 0.1) is 5.69 Å². The molecule has 1 saturated heterocycles. The third kappa shape index (κ3) is 3.28. The normalized spacial score (nSPS) is 20.4. The van der Waals surface area contributed by atoms with E-state index in [1.807, 2.05) is 0 Å². The summed E-state index contributed by atoms with van der Waals surface area (Å²) in [6.07, 6.45) is 2.04. The van der Waals surface area contributed by atoms with E-state index in [0.717, 1.165) is 38.1 Å². The van der Waals surface area contributed by atoms with Crippen molar-refractivity contribution in [1.29, 1.82) is 0 Å². The molecular weight excluding hydrogens is 281 g/mol. The summed E-state index contributed by atoms with van der Waals surface area (Å²) in [6.45, 7) is 4.27. The summed E-state index contributed by atoms with van der Waals surface area (Å²) in [5.41, 5.74) is 5.67. The van der Waals surface area contributed by atoms with Crippen molar-refractivity contribution in [3.05, 3.63) is 24.0 Å². The lowest BCUT2D eigenvalue weighted by atomic mass is 10.2. The van der Waals surface area contributed by atoms with Crippen LogP contribution in [0.5, 0.6) is 0 Å². The second-order valence-electron chi connectivity index (χ2n) is 4.96. The number of hydrogen-bond donors (Lipinski definition) is 2. The number of nitrogens with zero attached hydrogens (tertiary/aromatic N) is 1. The van der Waals surface area contributed by atoms with Gasteiger partial charge in [-0.3, -0.25) is 4.90 Å². The maximum absolute atomic E-state index is 13.2. The number of nitrogen functional groups attached to an aromatic ring is 1. The lowest BCUT2D eigenvalue weighted by molar-refractivity contribution is 0.268. The predicted molar refractivity (Wildman–Crippen MR) is 76.3 cm³/mol. The molecule has 1 aliphatic rings. The Morgan fingerprint density at radius 3 is 2.95 bits per heavy atom. The van der Waals surface area contributed by atoms with Gasteiger partial charge >= 0.3 is 0 Å². The van der Waals surface area contributed by atoms with Gasteiger partial charge in [-0.1, -0.05) is 6.92 Å². The van der Waals surface area contributed by atoms with E-state index in [1.54, 1.807) is 0 Å². The summed E-state index contributed by atoms with van der Waals surface area (Å²) in [5.74, 6) is -0.615. The van der Waals surface area contributed by atoms with E-state index in [2.05, 4.69) is 16.5 Å². The van der Waals surface area contributed by atoms with Crippen LogP contribution in [0.25, 0.3) is 0 Å². The van der Waals surface area contributed by atoms with Gasteiger partial charge in [0.1, 0.15) is 10.7 Å². The monoisotopic (exact) mass is 301 g/mol. The first kappa shape index (κ1) is 15.2. The number of benzene rings is 1. The summed E-state index contributed by atoms with van der Waals surface area (Å²) < 4.78 is 40.1. The first-order chi connectivity index (χ1) is 9.44. The van der Waals surface area contributed by atoms with Crippen LogP contribution in [0.15, 0.2) is 23.1 Å². The van der Waals surface area contributed by atoms with Gasteiger partial charge in [0, 0.05) is 12.6 Å². The minimum absolute atomic E-state index is 0.0534. The van der Waals surface area contributed by atoms with Gasteiger partial charge in [-0.2, -0.15) is 0 Å². The average Bonchev–Trinajstić information content (AvgIpc) is 2.86. The summed E-state index contributed by atoms with van der Waals surface area (Å²) >= 11 is 0. The predicted octanol–water partition coefficient (Wildman–Crippen LogP) is 1.17. The van der Waals surface area contributed by atoms with Crippen LogP contribution < -0.4 is 10.5 Å². The highest BCUT2D eigenvalue weighted by Gasteiger charge is 2.26. The van der Waals surface area contributed by atoms with Crippen LogP contribution in [-0.2, 0) is 10.0 Å². The average molecular weight is 301 g/mol. The highest BCUT2D eigenvalue weighted by atomic mass is 32.2. The number of likely N-dealkylation sites (N-methyl/N-ethyl adjacent to an activating group) is 1. The molecule has 0 radical (unpaired) electrons. The summed E-state index contributed by atoms with van der Waals surface area (Å²) in [4.78, 5) is 2.04. The molecule has 0 saturated carbocycles. The molecule has 1 aromatic rings. The molecule has 1 heterocycles. The highest BCUT2D eigenvalue weighted by Crippen LogP contribution is 2.20. The molecule has 0 bridgehead atoms. The fraction of sp³-hybridized carbons (Fsp3) is 0.538. The summed E-state index contributed by atoms with van der Waals surface area (Å²) in [6, 6.07) is 3.55. The number of hydrogen-bond acceptors (Lipinski definition) is 4. The third-order valence-electron chi connectivity index (χ3n) is 3.68. The number of nitrogens with two attached hydrogens (primary N) is 1. The maximum Gasteiger partial charge on any atom is 0.242 e. The largest absolute Gasteiger partial charge is 0.398 e. The minimum Gasteiger partial charge on any atom is -0.398 e. The molecule has 1 atom stereocenters. The smallest absolute Gasteiger partial charge is 0.242 e. The Morgan fingerprint density at radius 2 is 2.25 bits per heavy atom. The third-order valence-corrected chi connectivity index (χ3v) is 5.16. The van der Waals surface area contributed by atoms with Crippen molar-refractivity contribution >= 4 is 15.7 Å². The summed E-state index contributed by atoms with van der Waals surface area (Å²) in [5, 5.41) is 0. The van der Waals surface area contributed by atoms with E-state index >= 15 is 0 Å². The lowest BCUT2D eigenvalue weighted by Gasteiger charge is -2.23. The first-order valence-electron chi connectivity index (χ1n) is 6.73. The molecule has 1 fully saturated rings. The molecule has 0 spiro atoms. The van der Waals surface area contributed by atoms with Crippen molar-refractivity contribution in [1.82, 2.24) is 9.62 Å². The molecule has 3 N–H and O–H groups in total. The number of anilines is 1. The van der Waals surface area contributed by atoms with Gasteiger partial charge in [-0.05, 0) is 44.1 Å². The van der Waals surface area contributed by atoms with Gasteiger partial charge in [0.2, 0.25) is 10.0 Å². The van der Waals surface area contributed by atoms with Crippen LogP contribution in [0, 0.1) is 5.82 Å². The number of halogens is 1. The Kier molecular flexibility index (Phi) is 4.62. The Balaban J connectivity index is 2.09. The van der Waals surface area contributed by atoms with E-state index in [-0.39, 0.29) is 16.6 Å². The van der Waals surface area contributed by atoms with Crippen molar-refractivity contribution < 1.29 is 12.8 Å². The molecule has 0 aliphatic carbocycles. The second kappa shape index (κ2) is 6.07. The van der Waals surface area contributed by atoms with Gasteiger partial charge in [-0.25, -0.2) is 17.5 Å². The Labute approximate surface area is 119 Å². The maximum atomic E-state index is 13.2. The minimum atomic E-state index is -3.77. The zero-order valence-corrected chi connectivity index (χ0v) is 12.3. The second-order valence-corrected chi connectivity index (χ2v) is 6.69. The van der Waals surface area contributed by atoms with Crippen molar-refractivity contribution in [2.75, 3.05) is 25.4 Å². The quantitative estimate of drug-likeness (QED) is 0.801. The van der Waals surface area contributed by atoms with Gasteiger partial charge in [0.15, 0.2) is 0 Å². The van der Waals surface area contributed by atoms with Gasteiger partial charge < -0.3 is 5.73 Å². The van der Waals surface area contributed by atoms with E-state index in [0.29, 0.717) is 6.54 Å². The lowest BCUT2D eigenvalue weighted by Crippen LogP contribution is -2.40. The molecule has 2 rings (SSSR count). The topological polar surface area (TPSA) is 75.4 Å². The van der Waals surface area contributed by atoms with E-state index in [1.165, 1.54) is 6.07 Å². The summed E-state index contributed by atoms with van der Waals surface area (Å²) in [7, 11) is -3.77. The number of sulfonamides is 1.